The van der Waals surface area contributed by atoms with Gasteiger partial charge in [-0.3, -0.25) is 0 Å². The monoisotopic (exact) mass is 266 g/mol. The third-order valence-electron chi connectivity index (χ3n) is 2.78. The van der Waals surface area contributed by atoms with Crippen molar-refractivity contribution in [3.8, 4) is 0 Å². The van der Waals surface area contributed by atoms with Crippen LogP contribution in [-0.4, -0.2) is 23.4 Å². The van der Waals surface area contributed by atoms with E-state index >= 15 is 0 Å². The summed E-state index contributed by atoms with van der Waals surface area (Å²) in [4.78, 5) is 4.62. The normalized spacial score (nSPS) is 20.8. The number of hydrogen-bond donors (Lipinski definition) is 1. The van der Waals surface area contributed by atoms with Gasteiger partial charge in [0.1, 0.15) is 0 Å². The number of fused-ring (bicyclic) bond motifs is 1. The van der Waals surface area contributed by atoms with Gasteiger partial charge in [0.25, 0.3) is 0 Å². The van der Waals surface area contributed by atoms with Crippen LogP contribution in [0.4, 0.5) is 5.69 Å². The Balaban J connectivity index is 1.80. The first kappa shape index (κ1) is 11.3. The molecular formula is C12H14N2OS2. The highest BCUT2D eigenvalue weighted by Gasteiger charge is 2.17. The van der Waals surface area contributed by atoms with E-state index in [0.717, 1.165) is 35.2 Å². The molecule has 3 rings (SSSR count). The smallest absolute Gasteiger partial charge is 0.151 e. The lowest BCUT2D eigenvalue weighted by Crippen LogP contribution is -2.18. The molecule has 0 bridgehead atoms. The molecule has 1 aromatic carbocycles. The molecule has 0 radical (unpaired) electrons. The lowest BCUT2D eigenvalue weighted by atomic mass is 10.2. The summed E-state index contributed by atoms with van der Waals surface area (Å²) < 4.78 is 7.78. The van der Waals surface area contributed by atoms with E-state index in [2.05, 4.69) is 4.98 Å². The van der Waals surface area contributed by atoms with Crippen LogP contribution in [-0.2, 0) is 4.74 Å². The summed E-state index contributed by atoms with van der Waals surface area (Å²) in [5.41, 5.74) is 7.62. The van der Waals surface area contributed by atoms with Crippen LogP contribution in [0.25, 0.3) is 10.2 Å². The number of aromatic nitrogens is 1. The van der Waals surface area contributed by atoms with Gasteiger partial charge in [-0.25, -0.2) is 4.98 Å². The number of nitrogen functional groups attached to an aromatic ring is 1. The summed E-state index contributed by atoms with van der Waals surface area (Å²) in [6.07, 6.45) is 2.39. The Labute approximate surface area is 108 Å². The van der Waals surface area contributed by atoms with Crippen molar-refractivity contribution in [1.82, 2.24) is 4.98 Å². The van der Waals surface area contributed by atoms with Crippen LogP contribution < -0.4 is 5.73 Å². The second-order valence-corrected chi connectivity index (χ2v) is 6.74. The lowest BCUT2D eigenvalue weighted by Gasteiger charge is -2.20. The Hall–Kier alpha value is -0.780. The minimum absolute atomic E-state index is 0.557. The maximum atomic E-state index is 5.77. The zero-order valence-electron chi connectivity index (χ0n) is 9.39. The van der Waals surface area contributed by atoms with Crippen LogP contribution in [0.5, 0.6) is 0 Å². The molecule has 17 heavy (non-hydrogen) atoms. The molecule has 2 aromatic rings. The Morgan fingerprint density at radius 3 is 3.24 bits per heavy atom. The fraction of sp³-hybridized carbons (Fsp3) is 0.417. The molecule has 1 atom stereocenters. The minimum atomic E-state index is 0.557. The van der Waals surface area contributed by atoms with Gasteiger partial charge in [-0.15, -0.1) is 11.3 Å². The number of rotatable bonds is 2. The zero-order chi connectivity index (χ0) is 11.7. The van der Waals surface area contributed by atoms with Crippen LogP contribution in [0.2, 0.25) is 0 Å². The number of thioether (sulfide) groups is 1. The van der Waals surface area contributed by atoms with Gasteiger partial charge in [-0.2, -0.15) is 0 Å². The standard InChI is InChI=1S/C12H14N2OS2/c13-8-3-4-10-11(6-8)17-12(14-10)16-9-2-1-5-15-7-9/h3-4,6,9H,1-2,5,7,13H2. The van der Waals surface area contributed by atoms with Crippen LogP contribution in [0.1, 0.15) is 12.8 Å². The molecule has 1 aromatic heterocycles. The van der Waals surface area contributed by atoms with E-state index in [1.807, 2.05) is 30.0 Å². The molecule has 1 aliphatic heterocycles. The highest BCUT2D eigenvalue weighted by molar-refractivity contribution is 8.01. The molecule has 90 valence electrons. The first-order valence-corrected chi connectivity index (χ1v) is 7.41. The first-order valence-electron chi connectivity index (χ1n) is 5.72. The van der Waals surface area contributed by atoms with Gasteiger partial charge in [0.2, 0.25) is 0 Å². The maximum Gasteiger partial charge on any atom is 0.151 e. The van der Waals surface area contributed by atoms with Crippen molar-refractivity contribution in [3.63, 3.8) is 0 Å². The van der Waals surface area contributed by atoms with E-state index in [9.17, 15) is 0 Å². The second kappa shape index (κ2) is 4.84. The van der Waals surface area contributed by atoms with Gasteiger partial charge >= 0.3 is 0 Å². The SMILES string of the molecule is Nc1ccc2nc(SC3CCCOC3)sc2c1. The molecule has 0 aliphatic carbocycles. The quantitative estimate of drug-likeness (QED) is 0.848. The summed E-state index contributed by atoms with van der Waals surface area (Å²) in [6.45, 7) is 1.76. The summed E-state index contributed by atoms with van der Waals surface area (Å²) >= 11 is 3.56. The van der Waals surface area contributed by atoms with Gasteiger partial charge in [0.05, 0.1) is 16.8 Å². The average molecular weight is 266 g/mol. The molecular weight excluding hydrogens is 252 g/mol. The van der Waals surface area contributed by atoms with E-state index in [0.29, 0.717) is 5.25 Å². The predicted octanol–water partition coefficient (Wildman–Crippen LogP) is 3.15. The molecule has 5 heteroatoms. The van der Waals surface area contributed by atoms with E-state index < -0.39 is 0 Å². The van der Waals surface area contributed by atoms with Crippen molar-refractivity contribution < 1.29 is 4.74 Å². The van der Waals surface area contributed by atoms with Crippen molar-refractivity contribution in [2.45, 2.75) is 22.4 Å². The first-order chi connectivity index (χ1) is 8.31. The Morgan fingerprint density at radius 2 is 2.41 bits per heavy atom. The van der Waals surface area contributed by atoms with Crippen molar-refractivity contribution in [1.29, 1.82) is 0 Å². The van der Waals surface area contributed by atoms with Gasteiger partial charge in [0.15, 0.2) is 4.34 Å². The zero-order valence-corrected chi connectivity index (χ0v) is 11.0. The molecule has 3 nitrogen and oxygen atoms in total. The number of nitrogens with two attached hydrogens (primary N) is 1. The van der Waals surface area contributed by atoms with Crippen molar-refractivity contribution in [2.75, 3.05) is 18.9 Å². The summed E-state index contributed by atoms with van der Waals surface area (Å²) in [6, 6.07) is 5.89. The van der Waals surface area contributed by atoms with E-state index in [1.54, 1.807) is 11.3 Å². The minimum Gasteiger partial charge on any atom is -0.399 e. The van der Waals surface area contributed by atoms with Crippen LogP contribution in [0, 0.1) is 0 Å². The highest BCUT2D eigenvalue weighted by Crippen LogP contribution is 2.35. The maximum absolute atomic E-state index is 5.77. The summed E-state index contributed by atoms with van der Waals surface area (Å²) in [5, 5.41) is 0.557. The van der Waals surface area contributed by atoms with Gasteiger partial charge < -0.3 is 10.5 Å². The Bertz CT molecular complexity index is 520. The second-order valence-electron chi connectivity index (χ2n) is 4.16. The number of thiazole rings is 1. The van der Waals surface area contributed by atoms with E-state index in [-0.39, 0.29) is 0 Å². The summed E-state index contributed by atoms with van der Waals surface area (Å²) in [5.74, 6) is 0. The largest absolute Gasteiger partial charge is 0.399 e. The molecule has 1 aliphatic rings. The molecule has 0 spiro atoms. The lowest BCUT2D eigenvalue weighted by molar-refractivity contribution is 0.101. The van der Waals surface area contributed by atoms with Crippen molar-refractivity contribution in [3.05, 3.63) is 18.2 Å². The summed E-state index contributed by atoms with van der Waals surface area (Å²) in [7, 11) is 0. The highest BCUT2D eigenvalue weighted by atomic mass is 32.2. The van der Waals surface area contributed by atoms with Crippen molar-refractivity contribution in [2.24, 2.45) is 0 Å². The molecule has 1 unspecified atom stereocenters. The van der Waals surface area contributed by atoms with Gasteiger partial charge in [-0.1, -0.05) is 11.8 Å². The number of ether oxygens (including phenoxy) is 1. The van der Waals surface area contributed by atoms with E-state index in [1.165, 1.54) is 11.1 Å². The third kappa shape index (κ3) is 2.56. The fourth-order valence-corrected chi connectivity index (χ4v) is 4.42. The number of hydrogen-bond acceptors (Lipinski definition) is 5. The molecule has 2 heterocycles. The molecule has 2 N–H and O–H groups in total. The van der Waals surface area contributed by atoms with Crippen LogP contribution in [0.3, 0.4) is 0 Å². The van der Waals surface area contributed by atoms with Crippen molar-refractivity contribution >= 4 is 39.0 Å². The fourth-order valence-electron chi connectivity index (χ4n) is 1.92. The van der Waals surface area contributed by atoms with E-state index in [4.69, 9.17) is 10.5 Å². The van der Waals surface area contributed by atoms with Gasteiger partial charge in [-0.05, 0) is 31.0 Å². The average Bonchev–Trinajstić information content (AvgIpc) is 2.71. The Kier molecular flexibility index (Phi) is 3.22. The number of nitrogens with zero attached hydrogens (tertiary/aromatic N) is 1. The number of benzene rings is 1. The topological polar surface area (TPSA) is 48.1 Å². The molecule has 0 saturated carbocycles. The third-order valence-corrected chi connectivity index (χ3v) is 5.13. The number of anilines is 1. The Morgan fingerprint density at radius 1 is 1.47 bits per heavy atom. The molecule has 1 saturated heterocycles. The molecule has 0 amide bonds. The molecule has 1 fully saturated rings. The predicted molar refractivity (Wildman–Crippen MR) is 73.7 cm³/mol. The van der Waals surface area contributed by atoms with Crippen LogP contribution >= 0.6 is 23.1 Å². The van der Waals surface area contributed by atoms with Crippen LogP contribution in [0.15, 0.2) is 22.5 Å². The van der Waals surface area contributed by atoms with Gasteiger partial charge in [0, 0.05) is 17.5 Å².